The van der Waals surface area contributed by atoms with E-state index in [9.17, 15) is 0 Å². The van der Waals surface area contributed by atoms with Gasteiger partial charge in [0.1, 0.15) is 0 Å². The molecule has 1 aromatic heterocycles. The molecule has 0 unspecified atom stereocenters. The van der Waals surface area contributed by atoms with E-state index in [2.05, 4.69) is 35.4 Å². The first-order valence-corrected chi connectivity index (χ1v) is 6.00. The molecule has 17 heavy (non-hydrogen) atoms. The predicted molar refractivity (Wildman–Crippen MR) is 75.3 cm³/mol. The van der Waals surface area contributed by atoms with E-state index >= 15 is 0 Å². The second-order valence-electron chi connectivity index (χ2n) is 3.49. The van der Waals surface area contributed by atoms with Crippen LogP contribution in [-0.4, -0.2) is 12.0 Å². The van der Waals surface area contributed by atoms with Crippen molar-refractivity contribution in [3.63, 3.8) is 0 Å². The summed E-state index contributed by atoms with van der Waals surface area (Å²) in [5, 5.41) is 3.18. The highest BCUT2D eigenvalue weighted by molar-refractivity contribution is 5.78. The largest absolute Gasteiger partial charge is 0.388 e. The van der Waals surface area contributed by atoms with Crippen LogP contribution >= 0.6 is 0 Å². The van der Waals surface area contributed by atoms with Gasteiger partial charge in [0.05, 0.1) is 0 Å². The number of nitrogens with zero attached hydrogens (tertiary/aromatic N) is 1. The van der Waals surface area contributed by atoms with Crippen LogP contribution < -0.4 is 5.32 Å². The fourth-order valence-electron chi connectivity index (χ4n) is 1.70. The van der Waals surface area contributed by atoms with Crippen molar-refractivity contribution in [1.29, 1.82) is 0 Å². The Morgan fingerprint density at radius 1 is 1.00 bits per heavy atom. The SMILES string of the molecule is CC.CNc1ccncc1-c1ccccc1C. The second kappa shape index (κ2) is 6.69. The van der Waals surface area contributed by atoms with Gasteiger partial charge in [-0.2, -0.15) is 0 Å². The summed E-state index contributed by atoms with van der Waals surface area (Å²) < 4.78 is 0. The van der Waals surface area contributed by atoms with Crippen LogP contribution in [-0.2, 0) is 0 Å². The molecular weight excluding hydrogens is 208 g/mol. The lowest BCUT2D eigenvalue weighted by atomic mass is 10.0. The zero-order valence-electron chi connectivity index (χ0n) is 11.0. The molecule has 0 aliphatic carbocycles. The minimum absolute atomic E-state index is 1.11. The number of benzene rings is 1. The average molecular weight is 228 g/mol. The van der Waals surface area contributed by atoms with Crippen LogP contribution in [0.25, 0.3) is 11.1 Å². The van der Waals surface area contributed by atoms with Gasteiger partial charge in [-0.3, -0.25) is 4.98 Å². The monoisotopic (exact) mass is 228 g/mol. The van der Waals surface area contributed by atoms with Crippen molar-refractivity contribution in [1.82, 2.24) is 4.98 Å². The molecule has 0 atom stereocenters. The van der Waals surface area contributed by atoms with Gasteiger partial charge in [-0.05, 0) is 24.1 Å². The summed E-state index contributed by atoms with van der Waals surface area (Å²) in [7, 11) is 1.93. The lowest BCUT2D eigenvalue weighted by Gasteiger charge is -2.10. The average Bonchev–Trinajstić information content (AvgIpc) is 2.41. The fraction of sp³-hybridized carbons (Fsp3) is 0.267. The summed E-state index contributed by atoms with van der Waals surface area (Å²) in [6.07, 6.45) is 3.70. The molecule has 2 rings (SSSR count). The van der Waals surface area contributed by atoms with E-state index in [0.29, 0.717) is 0 Å². The summed E-state index contributed by atoms with van der Waals surface area (Å²) in [5.41, 5.74) is 4.76. The Morgan fingerprint density at radius 3 is 2.35 bits per heavy atom. The molecule has 0 fully saturated rings. The molecule has 2 heteroatoms. The molecule has 0 radical (unpaired) electrons. The molecule has 1 heterocycles. The van der Waals surface area contributed by atoms with Gasteiger partial charge in [0, 0.05) is 30.7 Å². The van der Waals surface area contributed by atoms with E-state index in [-0.39, 0.29) is 0 Å². The van der Waals surface area contributed by atoms with Crippen LogP contribution in [0.1, 0.15) is 19.4 Å². The van der Waals surface area contributed by atoms with Gasteiger partial charge in [-0.25, -0.2) is 0 Å². The van der Waals surface area contributed by atoms with Crippen molar-refractivity contribution in [2.75, 3.05) is 12.4 Å². The third-order valence-corrected chi connectivity index (χ3v) is 2.53. The molecule has 2 nitrogen and oxygen atoms in total. The molecule has 0 spiro atoms. The molecule has 0 amide bonds. The Bertz CT molecular complexity index is 464. The van der Waals surface area contributed by atoms with Crippen molar-refractivity contribution in [3.05, 3.63) is 48.3 Å². The number of pyridine rings is 1. The van der Waals surface area contributed by atoms with Gasteiger partial charge in [0.15, 0.2) is 0 Å². The molecule has 0 aliphatic heterocycles. The van der Waals surface area contributed by atoms with E-state index in [0.717, 1.165) is 11.3 Å². The molecule has 0 saturated heterocycles. The van der Waals surface area contributed by atoms with Crippen molar-refractivity contribution in [2.24, 2.45) is 0 Å². The van der Waals surface area contributed by atoms with Crippen molar-refractivity contribution < 1.29 is 0 Å². The van der Waals surface area contributed by atoms with Crippen molar-refractivity contribution in [3.8, 4) is 11.1 Å². The summed E-state index contributed by atoms with van der Waals surface area (Å²) in [5.74, 6) is 0. The maximum Gasteiger partial charge on any atom is 0.0448 e. The lowest BCUT2D eigenvalue weighted by Crippen LogP contribution is -1.93. The molecule has 2 aromatic rings. The van der Waals surface area contributed by atoms with Crippen LogP contribution in [0, 0.1) is 6.92 Å². The smallest absolute Gasteiger partial charge is 0.0448 e. The normalized spacial score (nSPS) is 9.18. The first kappa shape index (κ1) is 13.2. The standard InChI is InChI=1S/C13H14N2.C2H6/c1-10-5-3-4-6-11(10)12-9-15-8-7-13(12)14-2;1-2/h3-9H,1-2H3,(H,14,15);1-2H3. The maximum absolute atomic E-state index is 4.17. The van der Waals surface area contributed by atoms with E-state index in [1.807, 2.05) is 39.2 Å². The summed E-state index contributed by atoms with van der Waals surface area (Å²) in [6, 6.07) is 10.3. The first-order chi connectivity index (χ1) is 8.33. The first-order valence-electron chi connectivity index (χ1n) is 6.00. The lowest BCUT2D eigenvalue weighted by molar-refractivity contribution is 1.31. The third-order valence-electron chi connectivity index (χ3n) is 2.53. The highest BCUT2D eigenvalue weighted by atomic mass is 14.8. The highest BCUT2D eigenvalue weighted by Gasteiger charge is 2.05. The molecule has 0 aliphatic rings. The molecular formula is C15H20N2. The van der Waals surface area contributed by atoms with Crippen LogP contribution in [0.5, 0.6) is 0 Å². The van der Waals surface area contributed by atoms with Gasteiger partial charge in [-0.15, -0.1) is 0 Å². The van der Waals surface area contributed by atoms with Gasteiger partial charge in [0.2, 0.25) is 0 Å². The van der Waals surface area contributed by atoms with Gasteiger partial charge in [-0.1, -0.05) is 38.1 Å². The molecule has 1 N–H and O–H groups in total. The second-order valence-corrected chi connectivity index (χ2v) is 3.49. The summed E-state index contributed by atoms with van der Waals surface area (Å²) in [6.45, 7) is 6.11. The Morgan fingerprint density at radius 2 is 1.71 bits per heavy atom. The minimum Gasteiger partial charge on any atom is -0.388 e. The quantitative estimate of drug-likeness (QED) is 0.836. The van der Waals surface area contributed by atoms with Crippen LogP contribution in [0.3, 0.4) is 0 Å². The van der Waals surface area contributed by atoms with E-state index in [1.54, 1.807) is 6.20 Å². The number of nitrogens with one attached hydrogen (secondary N) is 1. The Labute approximate surface area is 104 Å². The van der Waals surface area contributed by atoms with E-state index in [1.165, 1.54) is 11.1 Å². The number of aromatic nitrogens is 1. The molecule has 0 saturated carbocycles. The number of hydrogen-bond donors (Lipinski definition) is 1. The highest BCUT2D eigenvalue weighted by Crippen LogP contribution is 2.28. The predicted octanol–water partition coefficient (Wildman–Crippen LogP) is 4.12. The zero-order valence-corrected chi connectivity index (χ0v) is 11.0. The van der Waals surface area contributed by atoms with Gasteiger partial charge >= 0.3 is 0 Å². The third kappa shape index (κ3) is 3.06. The summed E-state index contributed by atoms with van der Waals surface area (Å²) in [4.78, 5) is 4.17. The van der Waals surface area contributed by atoms with Crippen LogP contribution in [0.2, 0.25) is 0 Å². The molecule has 90 valence electrons. The number of aryl methyl sites for hydroxylation is 1. The van der Waals surface area contributed by atoms with Crippen LogP contribution in [0.4, 0.5) is 5.69 Å². The zero-order chi connectivity index (χ0) is 12.7. The summed E-state index contributed by atoms with van der Waals surface area (Å²) >= 11 is 0. The minimum atomic E-state index is 1.11. The van der Waals surface area contributed by atoms with Gasteiger partial charge < -0.3 is 5.32 Å². The topological polar surface area (TPSA) is 24.9 Å². The number of anilines is 1. The molecule has 0 bridgehead atoms. The number of rotatable bonds is 2. The maximum atomic E-state index is 4.17. The molecule has 1 aromatic carbocycles. The van der Waals surface area contributed by atoms with Crippen LogP contribution in [0.15, 0.2) is 42.7 Å². The number of hydrogen-bond acceptors (Lipinski definition) is 2. The van der Waals surface area contributed by atoms with Crippen molar-refractivity contribution >= 4 is 5.69 Å². The Hall–Kier alpha value is -1.83. The Kier molecular flexibility index (Phi) is 5.21. The fourth-order valence-corrected chi connectivity index (χ4v) is 1.70. The Balaban J connectivity index is 0.000000686. The van der Waals surface area contributed by atoms with E-state index < -0.39 is 0 Å². The van der Waals surface area contributed by atoms with Gasteiger partial charge in [0.25, 0.3) is 0 Å². The van der Waals surface area contributed by atoms with E-state index in [4.69, 9.17) is 0 Å². The van der Waals surface area contributed by atoms with Crippen molar-refractivity contribution in [2.45, 2.75) is 20.8 Å².